The van der Waals surface area contributed by atoms with Gasteiger partial charge in [0.1, 0.15) is 11.9 Å². The molecule has 0 N–H and O–H groups in total. The van der Waals surface area contributed by atoms with Gasteiger partial charge in [0, 0.05) is 11.6 Å². The largest absolute Gasteiger partial charge is 0.462 e. The number of esters is 1. The minimum absolute atomic E-state index is 0.0779. The van der Waals surface area contributed by atoms with Crippen LogP contribution in [-0.2, 0) is 4.74 Å². The summed E-state index contributed by atoms with van der Waals surface area (Å²) in [6.07, 6.45) is 1.45. The van der Waals surface area contributed by atoms with Crippen LogP contribution >= 0.6 is 0 Å². The number of fused-ring (bicyclic) bond motifs is 2. The maximum Gasteiger partial charge on any atom is 0.340 e. The molecule has 2 aromatic heterocycles. The van der Waals surface area contributed by atoms with E-state index in [2.05, 4.69) is 4.98 Å². The lowest BCUT2D eigenvalue weighted by Gasteiger charge is -2.07. The second-order valence-electron chi connectivity index (χ2n) is 7.86. The number of hydrogen-bond donors (Lipinski definition) is 0. The number of carbonyl (C=O) groups excluding carboxylic acids is 2. The van der Waals surface area contributed by atoms with Crippen LogP contribution in [0.4, 0.5) is 5.69 Å². The highest BCUT2D eigenvalue weighted by Crippen LogP contribution is 2.29. The van der Waals surface area contributed by atoms with E-state index in [0.29, 0.717) is 11.2 Å². The van der Waals surface area contributed by atoms with Crippen molar-refractivity contribution in [3.8, 4) is 11.3 Å². The number of carbonyl (C=O) groups is 2. The summed E-state index contributed by atoms with van der Waals surface area (Å²) in [7, 11) is 0. The summed E-state index contributed by atoms with van der Waals surface area (Å²) in [5.41, 5.74) is 1.74. The quantitative estimate of drug-likeness (QED) is 0.143. The zero-order valence-electron chi connectivity index (χ0n) is 18.7. The average molecular weight is 465 g/mol. The van der Waals surface area contributed by atoms with E-state index in [4.69, 9.17) is 4.74 Å². The van der Waals surface area contributed by atoms with Crippen molar-refractivity contribution >= 4 is 33.7 Å². The molecule has 0 amide bonds. The van der Waals surface area contributed by atoms with Crippen LogP contribution in [0.5, 0.6) is 0 Å². The van der Waals surface area contributed by atoms with E-state index in [9.17, 15) is 19.7 Å². The highest BCUT2D eigenvalue weighted by Gasteiger charge is 2.26. The molecule has 0 aliphatic heterocycles. The van der Waals surface area contributed by atoms with Crippen molar-refractivity contribution < 1.29 is 19.2 Å². The number of nitro benzene ring substituents is 1. The van der Waals surface area contributed by atoms with Gasteiger partial charge in [0.15, 0.2) is 0 Å². The van der Waals surface area contributed by atoms with E-state index in [1.165, 1.54) is 35.0 Å². The monoisotopic (exact) mass is 465 g/mol. The van der Waals surface area contributed by atoms with Crippen LogP contribution in [0.1, 0.15) is 33.3 Å². The standard InChI is InChI=1S/C27H19N3O5/c1-2-35-27(32)21-14-25(26(31)20-9-5-6-10-23(20)30(33)34)29-16-28-22(15-24(21)29)19-12-11-17-7-3-4-8-18(17)13-19/h3-16H,2H2,1H3. The Morgan fingerprint density at radius 3 is 2.46 bits per heavy atom. The summed E-state index contributed by atoms with van der Waals surface area (Å²) in [6.45, 7) is 1.85. The molecule has 0 fully saturated rings. The number of aromatic nitrogens is 2. The molecule has 8 heteroatoms. The van der Waals surface area contributed by atoms with E-state index < -0.39 is 16.7 Å². The fraction of sp³-hybridized carbons (Fsp3) is 0.0741. The molecule has 0 atom stereocenters. The number of hydrogen-bond acceptors (Lipinski definition) is 6. The van der Waals surface area contributed by atoms with Gasteiger partial charge in [0.25, 0.3) is 5.69 Å². The molecule has 0 saturated heterocycles. The molecular formula is C27H19N3O5. The van der Waals surface area contributed by atoms with Gasteiger partial charge in [-0.25, -0.2) is 9.78 Å². The predicted octanol–water partition coefficient (Wildman–Crippen LogP) is 5.47. The van der Waals surface area contributed by atoms with E-state index in [1.807, 2.05) is 42.5 Å². The highest BCUT2D eigenvalue weighted by molar-refractivity contribution is 6.13. The minimum Gasteiger partial charge on any atom is -0.462 e. The van der Waals surface area contributed by atoms with Gasteiger partial charge in [-0.1, -0.05) is 48.5 Å². The number of nitro groups is 1. The third kappa shape index (κ3) is 3.91. The lowest BCUT2D eigenvalue weighted by molar-refractivity contribution is -0.385. The Kier molecular flexibility index (Phi) is 5.54. The van der Waals surface area contributed by atoms with Gasteiger partial charge in [-0.3, -0.25) is 19.3 Å². The van der Waals surface area contributed by atoms with Crippen LogP contribution in [0.2, 0.25) is 0 Å². The third-order valence-corrected chi connectivity index (χ3v) is 5.78. The Morgan fingerprint density at radius 2 is 1.69 bits per heavy atom. The normalized spacial score (nSPS) is 11.0. The molecular weight excluding hydrogens is 446 g/mol. The second kappa shape index (κ2) is 8.83. The zero-order valence-corrected chi connectivity index (χ0v) is 18.7. The van der Waals surface area contributed by atoms with Crippen LogP contribution in [0.3, 0.4) is 0 Å². The Hall–Kier alpha value is -4.85. The SMILES string of the molecule is CCOC(=O)c1cc(C(=O)c2ccccc2[N+](=O)[O-])n2cnc(-c3ccc4ccccc4c3)cc12. The molecule has 0 spiro atoms. The lowest BCUT2D eigenvalue weighted by atomic mass is 10.0. The molecule has 2 heterocycles. The first-order valence-corrected chi connectivity index (χ1v) is 10.9. The zero-order chi connectivity index (χ0) is 24.5. The summed E-state index contributed by atoms with van der Waals surface area (Å²) in [6, 6.07) is 22.7. The number of rotatable bonds is 6. The van der Waals surface area contributed by atoms with Crippen molar-refractivity contribution in [2.45, 2.75) is 6.92 Å². The number of nitrogens with zero attached hydrogens (tertiary/aromatic N) is 3. The molecule has 0 radical (unpaired) electrons. The van der Waals surface area contributed by atoms with Crippen LogP contribution in [0.15, 0.2) is 85.2 Å². The highest BCUT2D eigenvalue weighted by atomic mass is 16.6. The molecule has 0 bridgehead atoms. The average Bonchev–Trinajstić information content (AvgIpc) is 3.27. The molecule has 0 saturated carbocycles. The summed E-state index contributed by atoms with van der Waals surface area (Å²) < 4.78 is 6.68. The molecule has 8 nitrogen and oxygen atoms in total. The first-order valence-electron chi connectivity index (χ1n) is 10.9. The number of ether oxygens (including phenoxy) is 1. The smallest absolute Gasteiger partial charge is 0.340 e. The second-order valence-corrected chi connectivity index (χ2v) is 7.86. The molecule has 0 unspecified atom stereocenters. The summed E-state index contributed by atoms with van der Waals surface area (Å²) >= 11 is 0. The molecule has 3 aromatic carbocycles. The molecule has 172 valence electrons. The lowest BCUT2D eigenvalue weighted by Crippen LogP contribution is -2.08. The van der Waals surface area contributed by atoms with Crippen LogP contribution in [0, 0.1) is 10.1 Å². The van der Waals surface area contributed by atoms with Gasteiger partial charge in [0.05, 0.1) is 34.0 Å². The first kappa shape index (κ1) is 22.0. The van der Waals surface area contributed by atoms with Gasteiger partial charge in [-0.05, 0) is 42.0 Å². The van der Waals surface area contributed by atoms with Crippen molar-refractivity contribution in [2.75, 3.05) is 6.61 Å². The maximum absolute atomic E-state index is 13.4. The Balaban J connectivity index is 1.68. The van der Waals surface area contributed by atoms with E-state index in [0.717, 1.165) is 16.3 Å². The molecule has 5 rings (SSSR count). The van der Waals surface area contributed by atoms with Gasteiger partial charge >= 0.3 is 5.97 Å². The van der Waals surface area contributed by atoms with E-state index >= 15 is 0 Å². The Bertz CT molecular complexity index is 1640. The topological polar surface area (TPSA) is 104 Å². The van der Waals surface area contributed by atoms with Gasteiger partial charge < -0.3 is 4.74 Å². The van der Waals surface area contributed by atoms with Crippen LogP contribution in [-0.4, -0.2) is 32.7 Å². The van der Waals surface area contributed by atoms with Crippen molar-refractivity contribution in [1.29, 1.82) is 0 Å². The molecule has 5 aromatic rings. The predicted molar refractivity (Wildman–Crippen MR) is 131 cm³/mol. The summed E-state index contributed by atoms with van der Waals surface area (Å²) in [5, 5.41) is 13.6. The van der Waals surface area contributed by atoms with E-state index in [1.54, 1.807) is 19.1 Å². The third-order valence-electron chi connectivity index (χ3n) is 5.78. The van der Waals surface area contributed by atoms with Gasteiger partial charge in [-0.2, -0.15) is 0 Å². The number of ketones is 1. The van der Waals surface area contributed by atoms with Crippen molar-refractivity contribution in [1.82, 2.24) is 9.38 Å². The minimum atomic E-state index is -0.606. The van der Waals surface area contributed by atoms with E-state index in [-0.39, 0.29) is 29.1 Å². The van der Waals surface area contributed by atoms with Crippen molar-refractivity contribution in [3.05, 3.63) is 112 Å². The van der Waals surface area contributed by atoms with Crippen molar-refractivity contribution in [3.63, 3.8) is 0 Å². The summed E-state index contributed by atoms with van der Waals surface area (Å²) in [4.78, 5) is 41.5. The van der Waals surface area contributed by atoms with Gasteiger partial charge in [0.2, 0.25) is 5.78 Å². The fourth-order valence-corrected chi connectivity index (χ4v) is 4.11. The van der Waals surface area contributed by atoms with Gasteiger partial charge in [-0.15, -0.1) is 0 Å². The van der Waals surface area contributed by atoms with Crippen LogP contribution < -0.4 is 0 Å². The van der Waals surface area contributed by atoms with Crippen molar-refractivity contribution in [2.24, 2.45) is 0 Å². The fourth-order valence-electron chi connectivity index (χ4n) is 4.11. The van der Waals surface area contributed by atoms with Crippen LogP contribution in [0.25, 0.3) is 27.5 Å². The molecule has 35 heavy (non-hydrogen) atoms. The molecule has 0 aliphatic rings. The number of para-hydroxylation sites is 1. The maximum atomic E-state index is 13.4. The Labute approximate surface area is 199 Å². The molecule has 0 aliphatic carbocycles. The Morgan fingerprint density at radius 1 is 0.943 bits per heavy atom. The first-order chi connectivity index (χ1) is 17.0. The summed E-state index contributed by atoms with van der Waals surface area (Å²) in [5.74, 6) is -1.19. The number of benzene rings is 3.